The summed E-state index contributed by atoms with van der Waals surface area (Å²) in [5, 5.41) is 18.8. The van der Waals surface area contributed by atoms with Crippen LogP contribution in [0.25, 0.3) is 0 Å². The van der Waals surface area contributed by atoms with Crippen LogP contribution in [0.2, 0.25) is 0 Å². The monoisotopic (exact) mass is 305 g/mol. The van der Waals surface area contributed by atoms with Crippen LogP contribution >= 0.6 is 11.8 Å². The summed E-state index contributed by atoms with van der Waals surface area (Å²) in [5.74, 6) is 0.631. The third-order valence-corrected chi connectivity index (χ3v) is 5.25. The fourth-order valence-electron chi connectivity index (χ4n) is 2.23. The van der Waals surface area contributed by atoms with E-state index in [0.717, 1.165) is 29.1 Å². The smallest absolute Gasteiger partial charge is 0.306 e. The molecule has 0 bridgehead atoms. The number of hydrogen-bond donors (Lipinski definition) is 1. The molecule has 0 spiro atoms. The topological polar surface area (TPSA) is 70.3 Å². The van der Waals surface area contributed by atoms with E-state index in [2.05, 4.69) is 6.07 Å². The van der Waals surface area contributed by atoms with Crippen molar-refractivity contribution in [1.82, 2.24) is 0 Å². The second-order valence-corrected chi connectivity index (χ2v) is 6.60. The van der Waals surface area contributed by atoms with E-state index in [9.17, 15) is 9.90 Å². The molecule has 1 unspecified atom stereocenters. The zero-order valence-corrected chi connectivity index (χ0v) is 13.1. The van der Waals surface area contributed by atoms with Crippen LogP contribution in [-0.2, 0) is 9.53 Å². The number of nitrogens with zero attached hydrogens (tertiary/aromatic N) is 1. The number of rotatable bonds is 6. The van der Waals surface area contributed by atoms with Gasteiger partial charge in [0.15, 0.2) is 0 Å². The highest BCUT2D eigenvalue weighted by Crippen LogP contribution is 2.52. The minimum absolute atomic E-state index is 0.0242. The summed E-state index contributed by atoms with van der Waals surface area (Å²) in [6, 6.07) is 7.44. The van der Waals surface area contributed by atoms with Gasteiger partial charge in [0, 0.05) is 10.6 Å². The fraction of sp³-hybridized carbons (Fsp3) is 0.500. The summed E-state index contributed by atoms with van der Waals surface area (Å²) in [7, 11) is 1.41. The van der Waals surface area contributed by atoms with Crippen molar-refractivity contribution in [2.75, 3.05) is 12.9 Å². The van der Waals surface area contributed by atoms with E-state index in [-0.39, 0.29) is 11.4 Å². The lowest BCUT2D eigenvalue weighted by molar-refractivity contribution is -0.141. The molecule has 1 N–H and O–H groups in total. The molecule has 4 nitrogen and oxygen atoms in total. The van der Waals surface area contributed by atoms with Crippen molar-refractivity contribution in [2.45, 2.75) is 37.2 Å². The third kappa shape index (κ3) is 3.99. The van der Waals surface area contributed by atoms with E-state index in [4.69, 9.17) is 10.00 Å². The van der Waals surface area contributed by atoms with Crippen LogP contribution in [0, 0.1) is 16.7 Å². The van der Waals surface area contributed by atoms with E-state index in [1.165, 1.54) is 7.11 Å². The lowest BCUT2D eigenvalue weighted by atomic mass is 10.1. The Morgan fingerprint density at radius 3 is 2.81 bits per heavy atom. The third-order valence-electron chi connectivity index (χ3n) is 3.83. The first-order chi connectivity index (χ1) is 9.99. The molecule has 0 amide bonds. The molecule has 1 atom stereocenters. The van der Waals surface area contributed by atoms with Gasteiger partial charge in [-0.15, -0.1) is 11.8 Å². The zero-order valence-electron chi connectivity index (χ0n) is 12.3. The number of carbonyl (C=O) groups is 1. The maximum atomic E-state index is 11.4. The number of aliphatic hydroxyl groups is 1. The van der Waals surface area contributed by atoms with Crippen LogP contribution in [0.15, 0.2) is 23.1 Å². The molecular weight excluding hydrogens is 286 g/mol. The molecule has 0 aromatic heterocycles. The highest BCUT2D eigenvalue weighted by molar-refractivity contribution is 7.99. The van der Waals surface area contributed by atoms with Gasteiger partial charge >= 0.3 is 5.97 Å². The Labute approximate surface area is 129 Å². The molecule has 5 heteroatoms. The van der Waals surface area contributed by atoms with Crippen molar-refractivity contribution in [1.29, 1.82) is 5.26 Å². The maximum Gasteiger partial charge on any atom is 0.306 e. The molecule has 0 aliphatic heterocycles. The molecule has 112 valence electrons. The van der Waals surface area contributed by atoms with Gasteiger partial charge in [-0.2, -0.15) is 5.26 Å². The fourth-order valence-corrected chi connectivity index (χ4v) is 3.70. The standard InChI is InChI=1S/C16H19NO3S/c1-11(18)13-4-3-12(9-17)7-14(13)21-10-16(5-6-16)8-15(19)20-2/h3-4,7,11,18H,5-6,8,10H2,1-2H3. The number of carbonyl (C=O) groups excluding carboxylic acids is 1. The Morgan fingerprint density at radius 1 is 1.57 bits per heavy atom. The first-order valence-corrected chi connectivity index (χ1v) is 7.90. The highest BCUT2D eigenvalue weighted by Gasteiger charge is 2.44. The number of thioether (sulfide) groups is 1. The molecule has 1 aromatic rings. The maximum absolute atomic E-state index is 11.4. The van der Waals surface area contributed by atoms with Gasteiger partial charge in [0.2, 0.25) is 0 Å². The Kier molecular flexibility index (Phi) is 4.92. The van der Waals surface area contributed by atoms with Gasteiger partial charge in [0.25, 0.3) is 0 Å². The van der Waals surface area contributed by atoms with Gasteiger partial charge in [-0.1, -0.05) is 6.07 Å². The van der Waals surface area contributed by atoms with Gasteiger partial charge in [0.05, 0.1) is 31.3 Å². The summed E-state index contributed by atoms with van der Waals surface area (Å²) in [4.78, 5) is 12.4. The molecule has 21 heavy (non-hydrogen) atoms. The summed E-state index contributed by atoms with van der Waals surface area (Å²) in [6.45, 7) is 1.72. The van der Waals surface area contributed by atoms with Crippen molar-refractivity contribution < 1.29 is 14.6 Å². The van der Waals surface area contributed by atoms with Crippen LogP contribution in [0.1, 0.15) is 43.4 Å². The van der Waals surface area contributed by atoms with Gasteiger partial charge in [-0.05, 0) is 42.9 Å². The van der Waals surface area contributed by atoms with E-state index in [1.54, 1.807) is 36.9 Å². The molecule has 0 saturated heterocycles. The minimum atomic E-state index is -0.573. The molecule has 0 radical (unpaired) electrons. The number of esters is 1. The van der Waals surface area contributed by atoms with E-state index >= 15 is 0 Å². The minimum Gasteiger partial charge on any atom is -0.469 e. The molecule has 2 rings (SSSR count). The lowest BCUT2D eigenvalue weighted by Crippen LogP contribution is -2.13. The van der Waals surface area contributed by atoms with Crippen molar-refractivity contribution in [3.63, 3.8) is 0 Å². The Balaban J connectivity index is 2.09. The van der Waals surface area contributed by atoms with Gasteiger partial charge in [-0.3, -0.25) is 4.79 Å². The number of ether oxygens (including phenoxy) is 1. The van der Waals surface area contributed by atoms with Crippen molar-refractivity contribution >= 4 is 17.7 Å². The molecule has 1 aliphatic carbocycles. The second-order valence-electron chi connectivity index (χ2n) is 5.58. The quantitative estimate of drug-likeness (QED) is 0.646. The van der Waals surface area contributed by atoms with Crippen molar-refractivity contribution in [3.8, 4) is 6.07 Å². The summed E-state index contributed by atoms with van der Waals surface area (Å²) >= 11 is 1.61. The van der Waals surface area contributed by atoms with Crippen molar-refractivity contribution in [3.05, 3.63) is 29.3 Å². The Hall–Kier alpha value is -1.51. The first-order valence-electron chi connectivity index (χ1n) is 6.91. The zero-order chi connectivity index (χ0) is 15.5. The normalized spacial score (nSPS) is 16.9. The van der Waals surface area contributed by atoms with Crippen LogP contribution in [-0.4, -0.2) is 23.9 Å². The van der Waals surface area contributed by atoms with E-state index in [0.29, 0.717) is 12.0 Å². The lowest BCUT2D eigenvalue weighted by Gasteiger charge is -2.16. The van der Waals surface area contributed by atoms with Gasteiger partial charge in [0.1, 0.15) is 0 Å². The molecule has 1 fully saturated rings. The largest absolute Gasteiger partial charge is 0.469 e. The van der Waals surface area contributed by atoms with Crippen LogP contribution < -0.4 is 0 Å². The van der Waals surface area contributed by atoms with Crippen LogP contribution in [0.4, 0.5) is 0 Å². The Bertz CT molecular complexity index is 573. The van der Waals surface area contributed by atoms with Gasteiger partial charge in [-0.25, -0.2) is 0 Å². The predicted octanol–water partition coefficient (Wildman–Crippen LogP) is 3.05. The first kappa shape index (κ1) is 15.9. The molecule has 1 saturated carbocycles. The SMILES string of the molecule is COC(=O)CC1(CSc2cc(C#N)ccc2C(C)O)CC1. The summed E-state index contributed by atoms with van der Waals surface area (Å²) in [5.41, 5.74) is 1.43. The predicted molar refractivity (Wildman–Crippen MR) is 80.8 cm³/mol. The molecule has 1 aliphatic rings. The molecular formula is C16H19NO3S. The van der Waals surface area contributed by atoms with Crippen molar-refractivity contribution in [2.24, 2.45) is 5.41 Å². The number of aliphatic hydroxyl groups excluding tert-OH is 1. The summed E-state index contributed by atoms with van der Waals surface area (Å²) in [6.07, 6.45) is 1.92. The van der Waals surface area contributed by atoms with E-state index in [1.807, 2.05) is 0 Å². The van der Waals surface area contributed by atoms with Crippen LogP contribution in [0.3, 0.4) is 0 Å². The summed E-state index contributed by atoms with van der Waals surface area (Å²) < 4.78 is 4.75. The Morgan fingerprint density at radius 2 is 2.29 bits per heavy atom. The number of nitriles is 1. The number of methoxy groups -OCH3 is 1. The molecule has 0 heterocycles. The average molecular weight is 305 g/mol. The number of benzene rings is 1. The average Bonchev–Trinajstić information content (AvgIpc) is 3.24. The van der Waals surface area contributed by atoms with Gasteiger partial charge < -0.3 is 9.84 Å². The number of hydrogen-bond acceptors (Lipinski definition) is 5. The van der Waals surface area contributed by atoms with E-state index < -0.39 is 6.10 Å². The van der Waals surface area contributed by atoms with Crippen LogP contribution in [0.5, 0.6) is 0 Å². The molecule has 1 aromatic carbocycles. The second kappa shape index (κ2) is 6.50. The highest BCUT2D eigenvalue weighted by atomic mass is 32.2.